The molecule has 4 aromatic rings. The van der Waals surface area contributed by atoms with E-state index in [-0.39, 0.29) is 6.04 Å². The van der Waals surface area contributed by atoms with Gasteiger partial charge in [-0.3, -0.25) is 0 Å². The fourth-order valence-corrected chi connectivity index (χ4v) is 5.28. The highest BCUT2D eigenvalue weighted by atomic mass is 79.9. The molecule has 4 aromatic carbocycles. The Labute approximate surface area is 196 Å². The molecule has 2 aliphatic rings. The molecule has 1 aliphatic carbocycles. The highest BCUT2D eigenvalue weighted by Gasteiger charge is 2.31. The number of allylic oxidation sites excluding steroid dienone is 2. The van der Waals surface area contributed by atoms with Crippen LogP contribution < -0.4 is 0 Å². The molecule has 2 nitrogen and oxygen atoms in total. The Balaban J connectivity index is 1.59. The smallest absolute Gasteiger partial charge is 0.136 e. The van der Waals surface area contributed by atoms with E-state index in [9.17, 15) is 0 Å². The van der Waals surface area contributed by atoms with Crippen LogP contribution in [0, 0.1) is 0 Å². The molecular weight excluding hydrogens is 456 g/mol. The van der Waals surface area contributed by atoms with Gasteiger partial charge in [0.15, 0.2) is 0 Å². The Morgan fingerprint density at radius 3 is 2.44 bits per heavy atom. The van der Waals surface area contributed by atoms with Gasteiger partial charge >= 0.3 is 0 Å². The second-order valence-electron chi connectivity index (χ2n) is 8.55. The number of likely N-dealkylation sites (N-methyl/N-ethyl adjacent to an activating group) is 1. The number of benzene rings is 4. The Hall–Kier alpha value is -3.17. The predicted octanol–water partition coefficient (Wildman–Crippen LogP) is 7.71. The van der Waals surface area contributed by atoms with Crippen LogP contribution in [0.4, 0.5) is 5.69 Å². The maximum absolute atomic E-state index is 5.25. The van der Waals surface area contributed by atoms with Crippen molar-refractivity contribution in [2.75, 3.05) is 7.05 Å². The Bertz CT molecular complexity index is 1450. The minimum Gasteiger partial charge on any atom is -0.348 e. The van der Waals surface area contributed by atoms with Gasteiger partial charge in [0.25, 0.3) is 0 Å². The Morgan fingerprint density at radius 1 is 0.875 bits per heavy atom. The lowest BCUT2D eigenvalue weighted by molar-refractivity contribution is 0.422. The number of hydrogen-bond donors (Lipinski definition) is 0. The van der Waals surface area contributed by atoms with Crippen LogP contribution in [0.5, 0.6) is 0 Å². The van der Waals surface area contributed by atoms with Crippen LogP contribution in [-0.4, -0.2) is 22.6 Å². The average molecular weight is 479 g/mol. The first-order chi connectivity index (χ1) is 15.7. The van der Waals surface area contributed by atoms with E-state index in [0.29, 0.717) is 4.83 Å². The topological polar surface area (TPSA) is 15.6 Å². The Kier molecular flexibility index (Phi) is 4.73. The Morgan fingerprint density at radius 2 is 1.62 bits per heavy atom. The number of rotatable bonds is 2. The van der Waals surface area contributed by atoms with Gasteiger partial charge in [0.05, 0.1) is 11.7 Å². The number of nitrogens with zero attached hydrogens (tertiary/aromatic N) is 2. The zero-order valence-electron chi connectivity index (χ0n) is 17.9. The van der Waals surface area contributed by atoms with Crippen molar-refractivity contribution in [1.29, 1.82) is 0 Å². The van der Waals surface area contributed by atoms with Crippen molar-refractivity contribution in [2.24, 2.45) is 4.99 Å². The summed E-state index contributed by atoms with van der Waals surface area (Å²) in [6.45, 7) is 0. The van der Waals surface area contributed by atoms with Gasteiger partial charge in [-0.05, 0) is 34.2 Å². The summed E-state index contributed by atoms with van der Waals surface area (Å²) in [5.74, 6) is 1.03. The number of aliphatic imine (C=N–C) groups is 1. The summed E-state index contributed by atoms with van der Waals surface area (Å²) in [5.41, 5.74) is 4.81. The zero-order valence-corrected chi connectivity index (χ0v) is 19.5. The molecule has 0 amide bonds. The zero-order chi connectivity index (χ0) is 21.7. The lowest BCUT2D eigenvalue weighted by Crippen LogP contribution is -2.35. The monoisotopic (exact) mass is 478 g/mol. The van der Waals surface area contributed by atoms with Gasteiger partial charge in [-0.25, -0.2) is 4.99 Å². The predicted molar refractivity (Wildman–Crippen MR) is 139 cm³/mol. The summed E-state index contributed by atoms with van der Waals surface area (Å²) < 4.78 is 0. The largest absolute Gasteiger partial charge is 0.348 e. The first kappa shape index (κ1) is 19.5. The lowest BCUT2D eigenvalue weighted by Gasteiger charge is -2.37. The van der Waals surface area contributed by atoms with Crippen LogP contribution in [0.15, 0.2) is 108 Å². The van der Waals surface area contributed by atoms with E-state index >= 15 is 0 Å². The molecule has 0 saturated carbocycles. The van der Waals surface area contributed by atoms with Crippen LogP contribution in [-0.2, 0) is 0 Å². The normalized spacial score (nSPS) is 20.2. The first-order valence-electron chi connectivity index (χ1n) is 11.0. The van der Waals surface area contributed by atoms with Crippen LogP contribution in [0.1, 0.15) is 23.6 Å². The quantitative estimate of drug-likeness (QED) is 0.269. The molecule has 6 rings (SSSR count). The van der Waals surface area contributed by atoms with Gasteiger partial charge in [0, 0.05) is 28.4 Å². The fraction of sp³-hybridized carbons (Fsp3) is 0.138. The van der Waals surface area contributed by atoms with Gasteiger partial charge in [-0.1, -0.05) is 107 Å². The molecule has 1 aliphatic heterocycles. The van der Waals surface area contributed by atoms with E-state index in [2.05, 4.69) is 125 Å². The molecule has 32 heavy (non-hydrogen) atoms. The average Bonchev–Trinajstić information content (AvgIpc) is 2.84. The minimum absolute atomic E-state index is 0.0997. The second kappa shape index (κ2) is 7.75. The van der Waals surface area contributed by atoms with Crippen molar-refractivity contribution in [2.45, 2.75) is 17.3 Å². The van der Waals surface area contributed by atoms with E-state index in [1.54, 1.807) is 0 Å². The number of fused-ring (bicyclic) bond motifs is 4. The van der Waals surface area contributed by atoms with Crippen molar-refractivity contribution in [3.63, 3.8) is 0 Å². The molecular formula is C29H23BrN2. The van der Waals surface area contributed by atoms with Crippen molar-refractivity contribution in [1.82, 2.24) is 4.90 Å². The highest BCUT2D eigenvalue weighted by Crippen LogP contribution is 2.44. The van der Waals surface area contributed by atoms with E-state index in [1.165, 1.54) is 38.2 Å². The van der Waals surface area contributed by atoms with E-state index < -0.39 is 0 Å². The third-order valence-corrected chi connectivity index (χ3v) is 7.24. The summed E-state index contributed by atoms with van der Waals surface area (Å²) in [5, 5.41) is 4.97. The van der Waals surface area contributed by atoms with E-state index in [1.807, 2.05) is 0 Å². The maximum Gasteiger partial charge on any atom is 0.136 e. The summed E-state index contributed by atoms with van der Waals surface area (Å²) in [7, 11) is 2.17. The minimum atomic E-state index is 0.0997. The van der Waals surface area contributed by atoms with Gasteiger partial charge in [-0.2, -0.15) is 0 Å². The third-order valence-electron chi connectivity index (χ3n) is 6.56. The molecule has 0 fully saturated rings. The molecule has 2 atom stereocenters. The number of hydrogen-bond acceptors (Lipinski definition) is 2. The maximum atomic E-state index is 5.25. The van der Waals surface area contributed by atoms with Crippen molar-refractivity contribution in [3.05, 3.63) is 114 Å². The molecule has 0 saturated heterocycles. The molecule has 156 valence electrons. The molecule has 0 N–H and O–H groups in total. The molecule has 3 heteroatoms. The molecule has 0 bridgehead atoms. The van der Waals surface area contributed by atoms with Crippen LogP contribution >= 0.6 is 15.9 Å². The lowest BCUT2D eigenvalue weighted by atomic mass is 9.89. The summed E-state index contributed by atoms with van der Waals surface area (Å²) in [6, 6.07) is 28.6. The van der Waals surface area contributed by atoms with Gasteiger partial charge in [0.2, 0.25) is 0 Å². The van der Waals surface area contributed by atoms with E-state index in [0.717, 1.165) is 17.9 Å². The number of halogens is 1. The number of alkyl halides is 1. The summed E-state index contributed by atoms with van der Waals surface area (Å²) in [4.78, 5) is 7.98. The van der Waals surface area contributed by atoms with Crippen molar-refractivity contribution in [3.8, 4) is 0 Å². The van der Waals surface area contributed by atoms with Crippen molar-refractivity contribution < 1.29 is 0 Å². The molecule has 0 radical (unpaired) electrons. The van der Waals surface area contributed by atoms with Crippen LogP contribution in [0.25, 0.3) is 21.5 Å². The number of amidine groups is 1. The fourth-order valence-electron chi connectivity index (χ4n) is 4.94. The van der Waals surface area contributed by atoms with Gasteiger partial charge in [0.1, 0.15) is 5.84 Å². The van der Waals surface area contributed by atoms with Gasteiger partial charge in [-0.15, -0.1) is 0 Å². The van der Waals surface area contributed by atoms with Crippen molar-refractivity contribution >= 4 is 49.0 Å². The molecule has 1 heterocycles. The second-order valence-corrected chi connectivity index (χ2v) is 9.73. The summed E-state index contributed by atoms with van der Waals surface area (Å²) in [6.07, 6.45) is 7.69. The third kappa shape index (κ3) is 3.20. The van der Waals surface area contributed by atoms with Gasteiger partial charge < -0.3 is 4.90 Å². The summed E-state index contributed by atoms with van der Waals surface area (Å²) >= 11 is 3.70. The highest BCUT2D eigenvalue weighted by molar-refractivity contribution is 9.09. The molecule has 2 unspecified atom stereocenters. The standard InChI is InChI=1S/C29H23BrN2/c1-32-28(23-11-10-19-6-2-3-8-22(19)18-23)26-17-14-20-7-4-5-9-25(20)27(26)31-29(32)21-12-15-24(30)16-13-21/h2-15,17-18,24,28H,16H2,1H3. The SMILES string of the molecule is CN1C(C2=CCC(Br)C=C2)=Nc2c(ccc3ccccc23)C1c1ccc2ccccc2c1. The van der Waals surface area contributed by atoms with E-state index in [4.69, 9.17) is 4.99 Å². The molecule has 0 spiro atoms. The van der Waals surface area contributed by atoms with Crippen LogP contribution in [0.2, 0.25) is 0 Å². The molecule has 0 aromatic heterocycles. The first-order valence-corrected chi connectivity index (χ1v) is 12.0. The van der Waals surface area contributed by atoms with Crippen LogP contribution in [0.3, 0.4) is 0 Å².